The van der Waals surface area contributed by atoms with Gasteiger partial charge in [-0.05, 0) is 31.9 Å². The maximum absolute atomic E-state index is 12.8. The van der Waals surface area contributed by atoms with Gasteiger partial charge in [0.05, 0.1) is 37.3 Å². The van der Waals surface area contributed by atoms with Gasteiger partial charge >= 0.3 is 0 Å². The minimum Gasteiger partial charge on any atom is -0.372 e. The first-order valence-corrected chi connectivity index (χ1v) is 9.87. The van der Waals surface area contributed by atoms with Gasteiger partial charge in [0.15, 0.2) is 5.82 Å². The summed E-state index contributed by atoms with van der Waals surface area (Å²) in [5, 5.41) is 3.90. The number of likely N-dealkylation sites (tertiary alicyclic amines) is 1. The lowest BCUT2D eigenvalue weighted by Gasteiger charge is -2.42. The van der Waals surface area contributed by atoms with Gasteiger partial charge < -0.3 is 19.1 Å². The van der Waals surface area contributed by atoms with Crippen LogP contribution in [0.5, 0.6) is 0 Å². The Bertz CT molecular complexity index is 887. The summed E-state index contributed by atoms with van der Waals surface area (Å²) in [6.07, 6.45) is 3.30. The second kappa shape index (κ2) is 7.90. The largest absolute Gasteiger partial charge is 0.372 e. The summed E-state index contributed by atoms with van der Waals surface area (Å²) in [7, 11) is 0. The number of ether oxygens (including phenoxy) is 1. The fourth-order valence-electron chi connectivity index (χ4n) is 3.91. The Labute approximate surface area is 169 Å². The Balaban J connectivity index is 1.42. The molecule has 0 saturated carbocycles. The van der Waals surface area contributed by atoms with E-state index in [-0.39, 0.29) is 11.8 Å². The molecule has 2 aliphatic heterocycles. The first kappa shape index (κ1) is 19.5. The molecule has 154 valence electrons. The molecule has 29 heavy (non-hydrogen) atoms. The summed E-state index contributed by atoms with van der Waals surface area (Å²) in [6, 6.07) is 3.65. The van der Waals surface area contributed by atoms with Crippen LogP contribution in [0.2, 0.25) is 0 Å². The molecule has 9 heteroatoms. The van der Waals surface area contributed by atoms with Crippen LogP contribution in [0.3, 0.4) is 0 Å². The molecule has 0 aliphatic carbocycles. The van der Waals surface area contributed by atoms with Crippen LogP contribution in [0.15, 0.2) is 22.9 Å². The van der Waals surface area contributed by atoms with Gasteiger partial charge in [-0.3, -0.25) is 14.6 Å². The average Bonchev–Trinajstić information content (AvgIpc) is 3.06. The summed E-state index contributed by atoms with van der Waals surface area (Å²) >= 11 is 0. The van der Waals surface area contributed by atoms with Gasteiger partial charge in [-0.1, -0.05) is 5.16 Å². The molecule has 4 rings (SSSR count). The van der Waals surface area contributed by atoms with Gasteiger partial charge in [0.1, 0.15) is 0 Å². The van der Waals surface area contributed by atoms with Gasteiger partial charge in [0.2, 0.25) is 11.8 Å². The third kappa shape index (κ3) is 4.29. The lowest BCUT2D eigenvalue weighted by molar-refractivity contribution is -0.132. The highest BCUT2D eigenvalue weighted by atomic mass is 16.5. The number of aryl methyl sites for hydroxylation is 2. The SMILES string of the molecule is Cc1ccc(C(=O)N2CCC3(CC2)CN(Cc2noc(C)n2)C(=O)CCO3)cn1. The third-order valence-corrected chi connectivity index (χ3v) is 5.58. The summed E-state index contributed by atoms with van der Waals surface area (Å²) in [4.78, 5) is 37.3. The molecule has 2 fully saturated rings. The van der Waals surface area contributed by atoms with Gasteiger partial charge in [0, 0.05) is 31.9 Å². The average molecular weight is 399 g/mol. The van der Waals surface area contributed by atoms with Crippen molar-refractivity contribution in [2.24, 2.45) is 0 Å². The van der Waals surface area contributed by atoms with E-state index in [2.05, 4.69) is 15.1 Å². The number of amides is 2. The maximum Gasteiger partial charge on any atom is 0.255 e. The maximum atomic E-state index is 12.8. The monoisotopic (exact) mass is 399 g/mol. The smallest absolute Gasteiger partial charge is 0.255 e. The predicted molar refractivity (Wildman–Crippen MR) is 102 cm³/mol. The normalized spacial score (nSPS) is 19.4. The highest BCUT2D eigenvalue weighted by Crippen LogP contribution is 2.31. The van der Waals surface area contributed by atoms with Crippen LogP contribution in [0.4, 0.5) is 0 Å². The van der Waals surface area contributed by atoms with Crippen LogP contribution in [0.25, 0.3) is 0 Å². The Morgan fingerprint density at radius 1 is 1.24 bits per heavy atom. The van der Waals surface area contributed by atoms with Crippen molar-refractivity contribution >= 4 is 11.8 Å². The van der Waals surface area contributed by atoms with E-state index in [1.165, 1.54) is 0 Å². The van der Waals surface area contributed by atoms with Crippen molar-refractivity contribution in [3.63, 3.8) is 0 Å². The number of rotatable bonds is 3. The molecule has 9 nitrogen and oxygen atoms in total. The van der Waals surface area contributed by atoms with Crippen LogP contribution in [-0.2, 0) is 16.1 Å². The van der Waals surface area contributed by atoms with Crippen LogP contribution < -0.4 is 0 Å². The Kier molecular flexibility index (Phi) is 5.31. The first-order chi connectivity index (χ1) is 13.9. The zero-order valence-corrected chi connectivity index (χ0v) is 16.8. The number of pyridine rings is 1. The van der Waals surface area contributed by atoms with Crippen LogP contribution >= 0.6 is 0 Å². The van der Waals surface area contributed by atoms with Crippen molar-refractivity contribution in [2.45, 2.75) is 45.3 Å². The van der Waals surface area contributed by atoms with Crippen LogP contribution in [-0.4, -0.2) is 68.6 Å². The van der Waals surface area contributed by atoms with E-state index in [0.717, 1.165) is 5.69 Å². The molecule has 2 amide bonds. The zero-order chi connectivity index (χ0) is 20.4. The van der Waals surface area contributed by atoms with E-state index < -0.39 is 5.60 Å². The standard InChI is InChI=1S/C20H25N5O4/c1-14-3-4-16(11-21-14)19(27)24-8-6-20(7-9-24)13-25(18(26)5-10-28-20)12-17-22-15(2)29-23-17/h3-4,11H,5-10,12-13H2,1-2H3. The van der Waals surface area contributed by atoms with Gasteiger partial charge in [-0.25, -0.2) is 0 Å². The van der Waals surface area contributed by atoms with Crippen molar-refractivity contribution in [1.29, 1.82) is 0 Å². The molecule has 1 spiro atoms. The fraction of sp³-hybridized carbons (Fsp3) is 0.550. The summed E-state index contributed by atoms with van der Waals surface area (Å²) in [6.45, 7) is 5.93. The first-order valence-electron chi connectivity index (χ1n) is 9.87. The van der Waals surface area contributed by atoms with Crippen molar-refractivity contribution in [2.75, 3.05) is 26.2 Å². The van der Waals surface area contributed by atoms with Gasteiger partial charge in [-0.2, -0.15) is 4.98 Å². The lowest BCUT2D eigenvalue weighted by Crippen LogP contribution is -2.53. The van der Waals surface area contributed by atoms with Crippen LogP contribution in [0.1, 0.15) is 47.0 Å². The number of aromatic nitrogens is 3. The molecule has 0 atom stereocenters. The highest BCUT2D eigenvalue weighted by Gasteiger charge is 2.41. The molecule has 0 unspecified atom stereocenters. The lowest BCUT2D eigenvalue weighted by atomic mass is 9.90. The third-order valence-electron chi connectivity index (χ3n) is 5.58. The van der Waals surface area contributed by atoms with Gasteiger partial charge in [0.25, 0.3) is 5.91 Å². The topological polar surface area (TPSA) is 102 Å². The molecule has 0 radical (unpaired) electrons. The van der Waals surface area contributed by atoms with Crippen molar-refractivity contribution in [3.05, 3.63) is 41.3 Å². The Hall–Kier alpha value is -2.81. The number of piperidine rings is 1. The molecule has 0 N–H and O–H groups in total. The van der Waals surface area contributed by atoms with Crippen molar-refractivity contribution in [1.82, 2.24) is 24.9 Å². The van der Waals surface area contributed by atoms with E-state index >= 15 is 0 Å². The number of hydrogen-bond acceptors (Lipinski definition) is 7. The van der Waals surface area contributed by atoms with E-state index in [4.69, 9.17) is 9.26 Å². The predicted octanol–water partition coefficient (Wildman–Crippen LogP) is 1.51. The Morgan fingerprint density at radius 3 is 2.69 bits per heavy atom. The number of hydrogen-bond donors (Lipinski definition) is 0. The molecule has 0 aromatic carbocycles. The number of nitrogens with zero attached hydrogens (tertiary/aromatic N) is 5. The molecule has 0 bridgehead atoms. The van der Waals surface area contributed by atoms with Crippen molar-refractivity contribution < 1.29 is 18.8 Å². The summed E-state index contributed by atoms with van der Waals surface area (Å²) < 4.78 is 11.2. The zero-order valence-electron chi connectivity index (χ0n) is 16.8. The molecular weight excluding hydrogens is 374 g/mol. The van der Waals surface area contributed by atoms with Gasteiger partial charge in [-0.15, -0.1) is 0 Å². The summed E-state index contributed by atoms with van der Waals surface area (Å²) in [5.74, 6) is 0.975. The molecule has 2 aliphatic rings. The van der Waals surface area contributed by atoms with E-state index in [1.54, 1.807) is 18.0 Å². The molecule has 2 saturated heterocycles. The second-order valence-electron chi connectivity index (χ2n) is 7.74. The van der Waals surface area contributed by atoms with E-state index in [0.29, 0.717) is 69.3 Å². The number of carbonyl (C=O) groups excluding carboxylic acids is 2. The molecule has 2 aromatic heterocycles. The summed E-state index contributed by atoms with van der Waals surface area (Å²) in [5.41, 5.74) is 1.03. The van der Waals surface area contributed by atoms with E-state index in [1.807, 2.05) is 24.0 Å². The minimum absolute atomic E-state index is 0.0174. The molecular formula is C20H25N5O4. The second-order valence-corrected chi connectivity index (χ2v) is 7.74. The Morgan fingerprint density at radius 2 is 2.03 bits per heavy atom. The number of carbonyl (C=O) groups is 2. The van der Waals surface area contributed by atoms with E-state index in [9.17, 15) is 9.59 Å². The minimum atomic E-state index is -0.451. The van der Waals surface area contributed by atoms with Crippen molar-refractivity contribution in [3.8, 4) is 0 Å². The molecule has 4 heterocycles. The quantitative estimate of drug-likeness (QED) is 0.771. The van der Waals surface area contributed by atoms with Crippen LogP contribution in [0, 0.1) is 13.8 Å². The highest BCUT2D eigenvalue weighted by molar-refractivity contribution is 5.94. The fourth-order valence-corrected chi connectivity index (χ4v) is 3.91. The molecule has 2 aromatic rings.